The zero-order valence-electron chi connectivity index (χ0n) is 14.9. The lowest BCUT2D eigenvalue weighted by molar-refractivity contribution is -0.134. The fourth-order valence-corrected chi connectivity index (χ4v) is 3.66. The molecular weight excluding hydrogens is 296 g/mol. The van der Waals surface area contributed by atoms with Crippen LogP contribution in [0.15, 0.2) is 36.4 Å². The highest BCUT2D eigenvalue weighted by Crippen LogP contribution is 2.36. The lowest BCUT2D eigenvalue weighted by atomic mass is 9.79. The number of hydrogen-bond acceptors (Lipinski definition) is 2. The van der Waals surface area contributed by atoms with Crippen LogP contribution in [0.25, 0.3) is 10.8 Å². The summed E-state index contributed by atoms with van der Waals surface area (Å²) in [5.41, 5.74) is 1.46. The van der Waals surface area contributed by atoms with Crippen molar-refractivity contribution in [1.29, 1.82) is 0 Å². The fraction of sp³-hybridized carbons (Fsp3) is 0.500. The summed E-state index contributed by atoms with van der Waals surface area (Å²) in [7, 11) is 0. The number of ether oxygens (including phenoxy) is 1. The van der Waals surface area contributed by atoms with Gasteiger partial charge >= 0.3 is 5.97 Å². The van der Waals surface area contributed by atoms with Crippen LogP contribution in [0, 0.1) is 5.92 Å². The number of benzene rings is 2. The first-order valence-electron chi connectivity index (χ1n) is 9.40. The standard InChI is InChI=1S/C22H28O2/c1-3-4-5-22(23)24-21-13-12-19-14-18(10-11-20(19)15-21)17-8-6-16(2)7-9-17/h10-17H,3-9H2,1-2H3. The van der Waals surface area contributed by atoms with E-state index in [9.17, 15) is 4.79 Å². The van der Waals surface area contributed by atoms with Crippen LogP contribution < -0.4 is 4.74 Å². The Morgan fingerprint density at radius 3 is 2.50 bits per heavy atom. The van der Waals surface area contributed by atoms with Crippen molar-refractivity contribution < 1.29 is 9.53 Å². The molecule has 1 saturated carbocycles. The highest BCUT2D eigenvalue weighted by Gasteiger charge is 2.19. The number of hydrogen-bond donors (Lipinski definition) is 0. The monoisotopic (exact) mass is 324 g/mol. The predicted molar refractivity (Wildman–Crippen MR) is 99.5 cm³/mol. The maximum Gasteiger partial charge on any atom is 0.311 e. The average Bonchev–Trinajstić information content (AvgIpc) is 2.60. The Balaban J connectivity index is 1.72. The third-order valence-corrected chi connectivity index (χ3v) is 5.29. The van der Waals surface area contributed by atoms with Gasteiger partial charge in [0.05, 0.1) is 0 Å². The van der Waals surface area contributed by atoms with Gasteiger partial charge in [-0.25, -0.2) is 0 Å². The lowest BCUT2D eigenvalue weighted by Crippen LogP contribution is -2.10. The second-order valence-electron chi connectivity index (χ2n) is 7.30. The van der Waals surface area contributed by atoms with E-state index < -0.39 is 0 Å². The van der Waals surface area contributed by atoms with E-state index in [2.05, 4.69) is 38.1 Å². The van der Waals surface area contributed by atoms with E-state index in [4.69, 9.17) is 4.74 Å². The van der Waals surface area contributed by atoms with Crippen LogP contribution in [0.1, 0.15) is 70.3 Å². The number of unbranched alkanes of at least 4 members (excludes halogenated alkanes) is 1. The van der Waals surface area contributed by atoms with Gasteiger partial charge in [0.1, 0.15) is 5.75 Å². The molecule has 128 valence electrons. The third kappa shape index (κ3) is 4.17. The highest BCUT2D eigenvalue weighted by molar-refractivity contribution is 5.85. The number of rotatable bonds is 5. The largest absolute Gasteiger partial charge is 0.427 e. The molecule has 3 rings (SSSR count). The molecule has 0 bridgehead atoms. The van der Waals surface area contributed by atoms with Crippen LogP contribution in [0.5, 0.6) is 5.75 Å². The Labute approximate surface area is 145 Å². The van der Waals surface area contributed by atoms with Gasteiger partial charge in [-0.3, -0.25) is 4.79 Å². The van der Waals surface area contributed by atoms with E-state index in [1.165, 1.54) is 36.6 Å². The van der Waals surface area contributed by atoms with Crippen LogP contribution >= 0.6 is 0 Å². The molecule has 0 heterocycles. The maximum absolute atomic E-state index is 11.8. The molecule has 2 nitrogen and oxygen atoms in total. The van der Waals surface area contributed by atoms with E-state index in [0.29, 0.717) is 18.1 Å². The van der Waals surface area contributed by atoms with Crippen molar-refractivity contribution >= 4 is 16.7 Å². The molecule has 0 atom stereocenters. The summed E-state index contributed by atoms with van der Waals surface area (Å²) < 4.78 is 5.44. The molecule has 2 aromatic carbocycles. The number of fused-ring (bicyclic) bond motifs is 1. The summed E-state index contributed by atoms with van der Waals surface area (Å²) in [5, 5.41) is 2.38. The van der Waals surface area contributed by atoms with Gasteiger partial charge < -0.3 is 4.74 Å². The zero-order valence-corrected chi connectivity index (χ0v) is 14.9. The maximum atomic E-state index is 11.8. The fourth-order valence-electron chi connectivity index (χ4n) is 3.66. The zero-order chi connectivity index (χ0) is 16.9. The van der Waals surface area contributed by atoms with E-state index >= 15 is 0 Å². The van der Waals surface area contributed by atoms with Crippen LogP contribution in [-0.4, -0.2) is 5.97 Å². The van der Waals surface area contributed by atoms with Crippen LogP contribution in [0.3, 0.4) is 0 Å². The van der Waals surface area contributed by atoms with E-state index in [0.717, 1.165) is 24.1 Å². The van der Waals surface area contributed by atoms with Crippen molar-refractivity contribution in [1.82, 2.24) is 0 Å². The Morgan fingerprint density at radius 1 is 1.04 bits per heavy atom. The highest BCUT2D eigenvalue weighted by atomic mass is 16.5. The van der Waals surface area contributed by atoms with Gasteiger partial charge in [0.15, 0.2) is 0 Å². The Hall–Kier alpha value is -1.83. The summed E-state index contributed by atoms with van der Waals surface area (Å²) in [6.45, 7) is 4.44. The van der Waals surface area contributed by atoms with Gasteiger partial charge in [-0.15, -0.1) is 0 Å². The topological polar surface area (TPSA) is 26.3 Å². The molecule has 0 aromatic heterocycles. The van der Waals surface area contributed by atoms with E-state index in [-0.39, 0.29) is 5.97 Å². The molecule has 1 fully saturated rings. The average molecular weight is 324 g/mol. The molecule has 0 aliphatic heterocycles. The first-order chi connectivity index (χ1) is 11.7. The molecule has 0 unspecified atom stereocenters. The van der Waals surface area contributed by atoms with Crippen molar-refractivity contribution in [3.63, 3.8) is 0 Å². The minimum absolute atomic E-state index is 0.135. The molecule has 2 heteroatoms. The van der Waals surface area contributed by atoms with Crippen molar-refractivity contribution in [3.05, 3.63) is 42.0 Å². The Morgan fingerprint density at radius 2 is 1.75 bits per heavy atom. The quantitative estimate of drug-likeness (QED) is 0.481. The molecule has 1 aliphatic carbocycles. The minimum atomic E-state index is -0.135. The van der Waals surface area contributed by atoms with Gasteiger partial charge in [-0.2, -0.15) is 0 Å². The van der Waals surface area contributed by atoms with Gasteiger partial charge in [0.25, 0.3) is 0 Å². The van der Waals surface area contributed by atoms with Crippen molar-refractivity contribution in [3.8, 4) is 5.75 Å². The second-order valence-corrected chi connectivity index (χ2v) is 7.30. The normalized spacial score (nSPS) is 20.9. The smallest absolute Gasteiger partial charge is 0.311 e. The van der Waals surface area contributed by atoms with Gasteiger partial charge in [-0.05, 0) is 59.6 Å². The van der Waals surface area contributed by atoms with Gasteiger partial charge in [0.2, 0.25) is 0 Å². The Kier molecular flexibility index (Phi) is 5.55. The Bertz CT molecular complexity index is 696. The minimum Gasteiger partial charge on any atom is -0.427 e. The summed E-state index contributed by atoms with van der Waals surface area (Å²) in [6, 6.07) is 12.7. The van der Waals surface area contributed by atoms with Crippen LogP contribution in [0.4, 0.5) is 0 Å². The van der Waals surface area contributed by atoms with E-state index in [1.54, 1.807) is 0 Å². The predicted octanol–water partition coefficient (Wildman–Crippen LogP) is 6.23. The molecule has 2 aromatic rings. The first kappa shape index (κ1) is 17.0. The SMILES string of the molecule is CCCCC(=O)Oc1ccc2cc(C3CCC(C)CC3)ccc2c1. The molecule has 0 saturated heterocycles. The number of carbonyl (C=O) groups excluding carboxylic acids is 1. The van der Waals surface area contributed by atoms with Crippen molar-refractivity contribution in [2.24, 2.45) is 5.92 Å². The molecule has 24 heavy (non-hydrogen) atoms. The lowest BCUT2D eigenvalue weighted by Gasteiger charge is -2.26. The number of esters is 1. The summed E-state index contributed by atoms with van der Waals surface area (Å²) in [5.74, 6) is 2.11. The van der Waals surface area contributed by atoms with Crippen molar-refractivity contribution in [2.45, 2.75) is 64.7 Å². The second kappa shape index (κ2) is 7.83. The third-order valence-electron chi connectivity index (χ3n) is 5.29. The molecule has 0 radical (unpaired) electrons. The van der Waals surface area contributed by atoms with Gasteiger partial charge in [0, 0.05) is 6.42 Å². The molecule has 1 aliphatic rings. The van der Waals surface area contributed by atoms with Gasteiger partial charge in [-0.1, -0.05) is 57.4 Å². The van der Waals surface area contributed by atoms with Crippen LogP contribution in [-0.2, 0) is 4.79 Å². The molecule has 0 amide bonds. The molecular formula is C22H28O2. The van der Waals surface area contributed by atoms with Crippen LogP contribution in [0.2, 0.25) is 0 Å². The van der Waals surface area contributed by atoms with E-state index in [1.807, 2.05) is 12.1 Å². The summed E-state index contributed by atoms with van der Waals surface area (Å²) in [4.78, 5) is 11.8. The summed E-state index contributed by atoms with van der Waals surface area (Å²) >= 11 is 0. The van der Waals surface area contributed by atoms with Crippen molar-refractivity contribution in [2.75, 3.05) is 0 Å². The summed E-state index contributed by atoms with van der Waals surface area (Å²) in [6.07, 6.45) is 7.68. The first-order valence-corrected chi connectivity index (χ1v) is 9.40. The molecule has 0 N–H and O–H groups in total. The molecule has 0 spiro atoms. The number of carbonyl (C=O) groups is 1.